The summed E-state index contributed by atoms with van der Waals surface area (Å²) in [6.45, 7) is 17.3. The van der Waals surface area contributed by atoms with Crippen LogP contribution in [0.3, 0.4) is 0 Å². The Morgan fingerprint density at radius 1 is 0.568 bits per heavy atom. The molecule has 0 aliphatic heterocycles. The molecule has 0 aromatic carbocycles. The van der Waals surface area contributed by atoms with Gasteiger partial charge in [0.15, 0.2) is 6.29 Å². The Balaban J connectivity index is 2.34. The van der Waals surface area contributed by atoms with E-state index in [2.05, 4.69) is 0 Å². The summed E-state index contributed by atoms with van der Waals surface area (Å²) in [5, 5.41) is 0. The van der Waals surface area contributed by atoms with E-state index in [4.69, 9.17) is 14.2 Å². The molecule has 0 bridgehead atoms. The zero-order chi connectivity index (χ0) is 27.6. The predicted molar refractivity (Wildman–Crippen MR) is 139 cm³/mol. The highest BCUT2D eigenvalue weighted by atomic mass is 16.5. The van der Waals surface area contributed by atoms with Gasteiger partial charge in [-0.2, -0.15) is 0 Å². The highest BCUT2D eigenvalue weighted by Crippen LogP contribution is 2.31. The number of esters is 3. The summed E-state index contributed by atoms with van der Waals surface area (Å²) in [7, 11) is 0. The van der Waals surface area contributed by atoms with Gasteiger partial charge in [-0.15, -0.1) is 0 Å². The smallest absolute Gasteiger partial charge is 0.340 e. The van der Waals surface area contributed by atoms with Gasteiger partial charge in [0, 0.05) is 35.7 Å². The fourth-order valence-electron chi connectivity index (χ4n) is 5.01. The summed E-state index contributed by atoms with van der Waals surface area (Å²) in [4.78, 5) is 38.4. The lowest BCUT2D eigenvalue weighted by Gasteiger charge is -2.27. The lowest BCUT2D eigenvalue weighted by Crippen LogP contribution is -2.28. The van der Waals surface area contributed by atoms with E-state index >= 15 is 0 Å². The maximum Gasteiger partial charge on any atom is 0.340 e. The lowest BCUT2D eigenvalue weighted by molar-refractivity contribution is 0.0515. The van der Waals surface area contributed by atoms with E-state index in [0.717, 1.165) is 16.7 Å². The van der Waals surface area contributed by atoms with Crippen molar-refractivity contribution in [1.82, 2.24) is 13.7 Å². The summed E-state index contributed by atoms with van der Waals surface area (Å²) < 4.78 is 21.8. The minimum absolute atomic E-state index is 0.268. The first-order chi connectivity index (χ1) is 17.5. The molecule has 3 aromatic heterocycles. The first-order valence-electron chi connectivity index (χ1n) is 12.5. The van der Waals surface area contributed by atoms with E-state index in [1.807, 2.05) is 73.8 Å². The molecule has 0 amide bonds. The summed E-state index contributed by atoms with van der Waals surface area (Å²) in [6.07, 6.45) is 5.11. The molecule has 200 valence electrons. The second-order valence-corrected chi connectivity index (χ2v) is 9.05. The van der Waals surface area contributed by atoms with Gasteiger partial charge in [-0.25, -0.2) is 14.4 Å². The van der Waals surface area contributed by atoms with Crippen LogP contribution in [0.25, 0.3) is 0 Å². The average Bonchev–Trinajstić information content (AvgIpc) is 3.39. The lowest BCUT2D eigenvalue weighted by atomic mass is 10.2. The number of hydrogen-bond acceptors (Lipinski definition) is 6. The second-order valence-electron chi connectivity index (χ2n) is 9.05. The van der Waals surface area contributed by atoms with Crippen LogP contribution in [0.15, 0.2) is 18.6 Å². The highest BCUT2D eigenvalue weighted by molar-refractivity contribution is 5.94. The molecule has 3 aromatic rings. The molecule has 3 heterocycles. The third-order valence-electron chi connectivity index (χ3n) is 6.61. The van der Waals surface area contributed by atoms with Gasteiger partial charge in [-0.1, -0.05) is 0 Å². The number of ether oxygens (including phenoxy) is 3. The number of rotatable bonds is 9. The van der Waals surface area contributed by atoms with Crippen LogP contribution in [-0.2, 0) is 14.2 Å². The summed E-state index contributed by atoms with van der Waals surface area (Å²) in [6, 6.07) is 0. The van der Waals surface area contributed by atoms with E-state index in [-0.39, 0.29) is 19.8 Å². The molecule has 0 saturated carbocycles. The van der Waals surface area contributed by atoms with Crippen molar-refractivity contribution < 1.29 is 28.6 Å². The van der Waals surface area contributed by atoms with Gasteiger partial charge in [0.2, 0.25) is 0 Å². The first-order valence-corrected chi connectivity index (χ1v) is 12.5. The molecule has 0 spiro atoms. The topological polar surface area (TPSA) is 93.7 Å². The molecule has 0 aliphatic rings. The van der Waals surface area contributed by atoms with Crippen LogP contribution < -0.4 is 0 Å². The molecule has 0 radical (unpaired) electrons. The van der Waals surface area contributed by atoms with Gasteiger partial charge in [0.1, 0.15) is 0 Å². The van der Waals surface area contributed by atoms with Crippen LogP contribution in [-0.4, -0.2) is 51.4 Å². The van der Waals surface area contributed by atoms with Crippen LogP contribution in [0.4, 0.5) is 0 Å². The van der Waals surface area contributed by atoms with Crippen LogP contribution in [0.5, 0.6) is 0 Å². The van der Waals surface area contributed by atoms with E-state index in [1.165, 1.54) is 0 Å². The third kappa shape index (κ3) is 4.95. The van der Waals surface area contributed by atoms with Crippen molar-refractivity contribution in [2.45, 2.75) is 68.6 Å². The van der Waals surface area contributed by atoms with E-state index < -0.39 is 24.2 Å². The van der Waals surface area contributed by atoms with Gasteiger partial charge < -0.3 is 27.9 Å². The standard InChI is InChI=1S/C28H37N3O6/c1-10-35-25(32)22-16(4)13-29(19(22)7)28(30-14-17(5)23(20(30)8)26(33)36-11-2)31-15-18(6)24(21(31)9)27(34)37-12-3/h13-15,28H,10-12H2,1-9H3. The molecule has 0 saturated heterocycles. The molecule has 9 heteroatoms. The Labute approximate surface area is 217 Å². The van der Waals surface area contributed by atoms with Gasteiger partial charge in [-0.05, 0) is 79.0 Å². The van der Waals surface area contributed by atoms with Gasteiger partial charge >= 0.3 is 17.9 Å². The maximum absolute atomic E-state index is 12.8. The Hall–Kier alpha value is -3.75. The summed E-state index contributed by atoms with van der Waals surface area (Å²) in [5.74, 6) is -1.18. The quantitative estimate of drug-likeness (QED) is 0.296. The van der Waals surface area contributed by atoms with Crippen molar-refractivity contribution in [2.75, 3.05) is 19.8 Å². The maximum atomic E-state index is 12.8. The van der Waals surface area contributed by atoms with Crippen molar-refractivity contribution in [3.8, 4) is 0 Å². The average molecular weight is 512 g/mol. The molecule has 0 atom stereocenters. The van der Waals surface area contributed by atoms with Crippen molar-refractivity contribution in [3.63, 3.8) is 0 Å². The van der Waals surface area contributed by atoms with Crippen molar-refractivity contribution in [2.24, 2.45) is 0 Å². The van der Waals surface area contributed by atoms with E-state index in [9.17, 15) is 14.4 Å². The van der Waals surface area contributed by atoms with Gasteiger partial charge in [0.05, 0.1) is 36.5 Å². The SMILES string of the molecule is CCOC(=O)c1c(C)cn(C(n2cc(C)c(C(=O)OCC)c2C)n2cc(C)c(C(=O)OCC)c2C)c1C. The first kappa shape index (κ1) is 27.8. The minimum atomic E-state index is -0.564. The summed E-state index contributed by atoms with van der Waals surface area (Å²) in [5.41, 5.74) is 5.87. The molecular weight excluding hydrogens is 474 g/mol. The molecule has 0 unspecified atom stereocenters. The third-order valence-corrected chi connectivity index (χ3v) is 6.61. The van der Waals surface area contributed by atoms with E-state index in [0.29, 0.717) is 33.8 Å². The predicted octanol–water partition coefficient (Wildman–Crippen LogP) is 5.02. The molecule has 0 fully saturated rings. The molecule has 37 heavy (non-hydrogen) atoms. The normalized spacial score (nSPS) is 11.2. The Kier molecular flexibility index (Phi) is 8.35. The number of carbonyl (C=O) groups excluding carboxylic acids is 3. The summed E-state index contributed by atoms with van der Waals surface area (Å²) >= 11 is 0. The molecule has 3 rings (SSSR count). The monoisotopic (exact) mass is 511 g/mol. The Morgan fingerprint density at radius 3 is 1.03 bits per heavy atom. The molecule has 9 nitrogen and oxygen atoms in total. The van der Waals surface area contributed by atoms with Crippen molar-refractivity contribution >= 4 is 17.9 Å². The highest BCUT2D eigenvalue weighted by Gasteiger charge is 2.30. The number of aryl methyl sites for hydroxylation is 3. The zero-order valence-electron chi connectivity index (χ0n) is 23.2. The van der Waals surface area contributed by atoms with Crippen molar-refractivity contribution in [1.29, 1.82) is 0 Å². The van der Waals surface area contributed by atoms with Crippen LogP contribution >= 0.6 is 0 Å². The van der Waals surface area contributed by atoms with Crippen molar-refractivity contribution in [3.05, 3.63) is 69.1 Å². The van der Waals surface area contributed by atoms with Crippen LogP contribution in [0, 0.1) is 41.5 Å². The van der Waals surface area contributed by atoms with Crippen LogP contribution in [0.1, 0.15) is 91.9 Å². The van der Waals surface area contributed by atoms with E-state index in [1.54, 1.807) is 20.8 Å². The Morgan fingerprint density at radius 2 is 0.811 bits per heavy atom. The minimum Gasteiger partial charge on any atom is -0.462 e. The zero-order valence-corrected chi connectivity index (χ0v) is 23.2. The number of nitrogens with zero attached hydrogens (tertiary/aromatic N) is 3. The molecule has 0 aliphatic carbocycles. The van der Waals surface area contributed by atoms with Gasteiger partial charge in [-0.3, -0.25) is 0 Å². The number of carbonyl (C=O) groups is 3. The fraction of sp³-hybridized carbons (Fsp3) is 0.464. The Bertz CT molecular complexity index is 1180. The number of aromatic nitrogens is 3. The second kappa shape index (κ2) is 11.1. The fourth-order valence-corrected chi connectivity index (χ4v) is 5.01. The largest absolute Gasteiger partial charge is 0.462 e. The molecular formula is C28H37N3O6. The van der Waals surface area contributed by atoms with Gasteiger partial charge in [0.25, 0.3) is 0 Å². The molecule has 0 N–H and O–H groups in total. The van der Waals surface area contributed by atoms with Crippen LogP contribution in [0.2, 0.25) is 0 Å². The number of hydrogen-bond donors (Lipinski definition) is 0.